The number of hydrogen-bond acceptors (Lipinski definition) is 6. The van der Waals surface area contributed by atoms with Crippen molar-refractivity contribution < 1.29 is 14.1 Å². The van der Waals surface area contributed by atoms with Gasteiger partial charge in [-0.05, 0) is 19.1 Å². The topological polar surface area (TPSA) is 68.5 Å². The largest absolute Gasteiger partial charge is 0.375 e. The minimum atomic E-state index is 0.0241. The number of carbonyl (C=O) groups excluding carboxylic acids is 1. The third-order valence-electron chi connectivity index (χ3n) is 3.15. The Balaban J connectivity index is 1.97. The quantitative estimate of drug-likeness (QED) is 0.812. The highest BCUT2D eigenvalue weighted by molar-refractivity contribution is 7.97. The van der Waals surface area contributed by atoms with Crippen LogP contribution in [0.4, 0.5) is 0 Å². The maximum atomic E-state index is 11.8. The summed E-state index contributed by atoms with van der Waals surface area (Å²) < 4.78 is 10.2. The van der Waals surface area contributed by atoms with Crippen LogP contribution in [-0.2, 0) is 15.3 Å². The van der Waals surface area contributed by atoms with Crippen LogP contribution in [-0.4, -0.2) is 54.0 Å². The van der Waals surface area contributed by atoms with Crippen molar-refractivity contribution in [2.75, 3.05) is 33.1 Å². The van der Waals surface area contributed by atoms with E-state index < -0.39 is 0 Å². The fourth-order valence-corrected chi connectivity index (χ4v) is 2.62. The molecule has 7 heteroatoms. The lowest BCUT2D eigenvalue weighted by atomic mass is 9.98. The van der Waals surface area contributed by atoms with Gasteiger partial charge in [0.1, 0.15) is 6.61 Å². The summed E-state index contributed by atoms with van der Waals surface area (Å²) in [6.45, 7) is 1.56. The van der Waals surface area contributed by atoms with Crippen LogP contribution in [0.3, 0.4) is 0 Å². The van der Waals surface area contributed by atoms with E-state index in [4.69, 9.17) is 9.26 Å². The van der Waals surface area contributed by atoms with Crippen molar-refractivity contribution >= 4 is 17.7 Å². The molecule has 106 valence electrons. The van der Waals surface area contributed by atoms with Gasteiger partial charge in [0, 0.05) is 20.2 Å². The fourth-order valence-electron chi connectivity index (χ4n) is 2.24. The average molecular weight is 285 g/mol. The van der Waals surface area contributed by atoms with E-state index in [0.29, 0.717) is 12.4 Å². The van der Waals surface area contributed by atoms with Crippen LogP contribution in [0.5, 0.6) is 0 Å². The normalized spacial score (nSPS) is 19.7. The number of amides is 1. The summed E-state index contributed by atoms with van der Waals surface area (Å²) in [5.41, 5.74) is 0. The number of hydrogen-bond donors (Lipinski definition) is 0. The molecular formula is C12H19N3O3S. The van der Waals surface area contributed by atoms with Gasteiger partial charge in [0.2, 0.25) is 11.8 Å². The highest BCUT2D eigenvalue weighted by Crippen LogP contribution is 2.26. The zero-order valence-electron chi connectivity index (χ0n) is 11.3. The van der Waals surface area contributed by atoms with Gasteiger partial charge in [0.05, 0.1) is 11.7 Å². The molecule has 1 aliphatic rings. The van der Waals surface area contributed by atoms with Crippen LogP contribution in [0.15, 0.2) is 4.52 Å². The number of thioether (sulfide) groups is 1. The third-order valence-corrected chi connectivity index (χ3v) is 3.70. The van der Waals surface area contributed by atoms with E-state index in [1.54, 1.807) is 11.8 Å². The number of aromatic nitrogens is 2. The zero-order valence-corrected chi connectivity index (χ0v) is 12.1. The Bertz CT molecular complexity index is 424. The molecule has 6 nitrogen and oxygen atoms in total. The SMILES string of the molecule is COCC(=O)N1CCC[C@H](c2nc(CSC)no2)C1. The van der Waals surface area contributed by atoms with Crippen LogP contribution in [0.25, 0.3) is 0 Å². The summed E-state index contributed by atoms with van der Waals surface area (Å²) in [7, 11) is 1.53. The van der Waals surface area contributed by atoms with Crippen LogP contribution in [0.1, 0.15) is 30.5 Å². The Morgan fingerprint density at radius 3 is 3.21 bits per heavy atom. The van der Waals surface area contributed by atoms with Crippen LogP contribution in [0, 0.1) is 0 Å². The first-order valence-electron chi connectivity index (χ1n) is 6.32. The van der Waals surface area contributed by atoms with E-state index in [1.165, 1.54) is 7.11 Å². The van der Waals surface area contributed by atoms with Crippen molar-refractivity contribution in [1.29, 1.82) is 0 Å². The van der Waals surface area contributed by atoms with Crippen molar-refractivity contribution in [1.82, 2.24) is 15.0 Å². The molecule has 1 amide bonds. The first kappa shape index (κ1) is 14.3. The smallest absolute Gasteiger partial charge is 0.248 e. The molecule has 1 aromatic heterocycles. The van der Waals surface area contributed by atoms with Crippen molar-refractivity contribution in [3.63, 3.8) is 0 Å². The van der Waals surface area contributed by atoms with Gasteiger partial charge >= 0.3 is 0 Å². The first-order chi connectivity index (χ1) is 9.24. The second-order valence-electron chi connectivity index (χ2n) is 4.59. The van der Waals surface area contributed by atoms with Gasteiger partial charge in [-0.25, -0.2) is 0 Å². The fraction of sp³-hybridized carbons (Fsp3) is 0.750. The van der Waals surface area contributed by atoms with E-state index in [2.05, 4.69) is 10.1 Å². The molecule has 0 N–H and O–H groups in total. The molecule has 1 atom stereocenters. The second-order valence-corrected chi connectivity index (χ2v) is 5.46. The number of likely N-dealkylation sites (tertiary alicyclic amines) is 1. The maximum Gasteiger partial charge on any atom is 0.248 e. The summed E-state index contributed by atoms with van der Waals surface area (Å²) in [4.78, 5) is 18.0. The molecule has 19 heavy (non-hydrogen) atoms. The highest BCUT2D eigenvalue weighted by atomic mass is 32.2. The summed E-state index contributed by atoms with van der Waals surface area (Å²) in [5, 5.41) is 3.95. The van der Waals surface area contributed by atoms with Crippen LogP contribution >= 0.6 is 11.8 Å². The van der Waals surface area contributed by atoms with Crippen molar-refractivity contribution in [2.45, 2.75) is 24.5 Å². The molecule has 0 spiro atoms. The zero-order chi connectivity index (χ0) is 13.7. The predicted molar refractivity (Wildman–Crippen MR) is 71.9 cm³/mol. The van der Waals surface area contributed by atoms with Gasteiger partial charge in [-0.15, -0.1) is 0 Å². The number of rotatable bonds is 5. The molecule has 0 unspecified atom stereocenters. The minimum Gasteiger partial charge on any atom is -0.375 e. The van der Waals surface area contributed by atoms with Gasteiger partial charge in [-0.2, -0.15) is 16.7 Å². The molecule has 2 rings (SSSR count). The Kier molecular flexibility index (Phi) is 5.21. The van der Waals surface area contributed by atoms with E-state index >= 15 is 0 Å². The molecule has 1 aliphatic heterocycles. The van der Waals surface area contributed by atoms with Crippen molar-refractivity contribution in [3.8, 4) is 0 Å². The molecule has 0 bridgehead atoms. The Morgan fingerprint density at radius 1 is 1.63 bits per heavy atom. The second kappa shape index (κ2) is 6.91. The van der Waals surface area contributed by atoms with Crippen molar-refractivity contribution in [2.24, 2.45) is 0 Å². The van der Waals surface area contributed by atoms with Gasteiger partial charge < -0.3 is 14.2 Å². The molecule has 0 aromatic carbocycles. The molecular weight excluding hydrogens is 266 g/mol. The first-order valence-corrected chi connectivity index (χ1v) is 7.72. The minimum absolute atomic E-state index is 0.0241. The standard InChI is InChI=1S/C12H19N3O3S/c1-17-7-11(16)15-5-3-4-9(6-15)12-13-10(8-19-2)14-18-12/h9H,3-8H2,1-2H3/t9-/m0/s1. The van der Waals surface area contributed by atoms with Gasteiger partial charge in [-0.3, -0.25) is 4.79 Å². The average Bonchev–Trinajstić information content (AvgIpc) is 2.88. The molecule has 0 aliphatic carbocycles. The lowest BCUT2D eigenvalue weighted by Crippen LogP contribution is -2.40. The van der Waals surface area contributed by atoms with Crippen molar-refractivity contribution in [3.05, 3.63) is 11.7 Å². The van der Waals surface area contributed by atoms with Crippen LogP contribution in [0.2, 0.25) is 0 Å². The summed E-state index contributed by atoms with van der Waals surface area (Å²) in [6, 6.07) is 0. The van der Waals surface area contributed by atoms with E-state index in [-0.39, 0.29) is 18.4 Å². The van der Waals surface area contributed by atoms with E-state index in [0.717, 1.165) is 31.0 Å². The summed E-state index contributed by atoms with van der Waals surface area (Å²) in [6.07, 6.45) is 3.94. The molecule has 2 heterocycles. The molecule has 0 radical (unpaired) electrons. The van der Waals surface area contributed by atoms with Gasteiger partial charge in [0.25, 0.3) is 0 Å². The number of carbonyl (C=O) groups is 1. The van der Waals surface area contributed by atoms with Gasteiger partial charge in [-0.1, -0.05) is 5.16 Å². The van der Waals surface area contributed by atoms with Gasteiger partial charge in [0.15, 0.2) is 5.82 Å². The Labute approximate surface area is 116 Å². The Hall–Kier alpha value is -1.08. The third kappa shape index (κ3) is 3.70. The Morgan fingerprint density at radius 2 is 2.47 bits per heavy atom. The number of methoxy groups -OCH3 is 1. The molecule has 1 aromatic rings. The molecule has 1 saturated heterocycles. The van der Waals surface area contributed by atoms with E-state index in [9.17, 15) is 4.79 Å². The van der Waals surface area contributed by atoms with Crippen LogP contribution < -0.4 is 0 Å². The maximum absolute atomic E-state index is 11.8. The van der Waals surface area contributed by atoms with E-state index in [1.807, 2.05) is 11.2 Å². The number of ether oxygens (including phenoxy) is 1. The number of piperidine rings is 1. The predicted octanol–water partition coefficient (Wildman–Crippen LogP) is 1.29. The molecule has 1 fully saturated rings. The summed E-state index contributed by atoms with van der Waals surface area (Å²) >= 11 is 1.66. The lowest BCUT2D eigenvalue weighted by molar-refractivity contribution is -0.136. The lowest BCUT2D eigenvalue weighted by Gasteiger charge is -2.30. The summed E-state index contributed by atoms with van der Waals surface area (Å²) in [5.74, 6) is 2.30. The highest BCUT2D eigenvalue weighted by Gasteiger charge is 2.28. The molecule has 0 saturated carbocycles. The monoisotopic (exact) mass is 285 g/mol. The number of nitrogens with zero attached hydrogens (tertiary/aromatic N) is 3.